The first-order valence-electron chi connectivity index (χ1n) is 5.50. The minimum atomic E-state index is 0.219. The fourth-order valence-corrected chi connectivity index (χ4v) is 1.77. The van der Waals surface area contributed by atoms with Gasteiger partial charge in [0.2, 0.25) is 5.96 Å². The predicted octanol–water partition coefficient (Wildman–Crippen LogP) is 0.248. The Labute approximate surface area is 91.0 Å². The number of likely N-dealkylation sites (tertiary alicyclic amines) is 1. The summed E-state index contributed by atoms with van der Waals surface area (Å²) in [6, 6.07) is 0. The van der Waals surface area contributed by atoms with Crippen LogP contribution in [0.15, 0.2) is 4.99 Å². The van der Waals surface area contributed by atoms with Crippen LogP contribution < -0.4 is 11.1 Å². The minimum Gasteiger partial charge on any atom is -0.369 e. The molecule has 84 valence electrons. The summed E-state index contributed by atoms with van der Waals surface area (Å²) in [5, 5.41) is 10.6. The lowest BCUT2D eigenvalue weighted by molar-refractivity contribution is 0.228. The third-order valence-electron chi connectivity index (χ3n) is 2.55. The quantitative estimate of drug-likeness (QED) is 0.229. The van der Waals surface area contributed by atoms with E-state index in [4.69, 9.17) is 11.0 Å². The van der Waals surface area contributed by atoms with Crippen molar-refractivity contribution in [2.24, 2.45) is 10.7 Å². The number of guanidine groups is 1. The third-order valence-corrected chi connectivity index (χ3v) is 2.55. The monoisotopic (exact) mass is 209 g/mol. The van der Waals surface area contributed by atoms with Gasteiger partial charge in [-0.15, -0.1) is 0 Å². The molecule has 0 spiro atoms. The van der Waals surface area contributed by atoms with Crippen LogP contribution in [0.3, 0.4) is 0 Å². The first-order chi connectivity index (χ1) is 7.33. The highest BCUT2D eigenvalue weighted by atomic mass is 15.1. The van der Waals surface area contributed by atoms with Crippen LogP contribution in [-0.4, -0.2) is 37.0 Å². The van der Waals surface area contributed by atoms with E-state index in [9.17, 15) is 0 Å². The molecule has 1 aliphatic heterocycles. The van der Waals surface area contributed by atoms with E-state index in [0.717, 1.165) is 13.0 Å². The van der Waals surface area contributed by atoms with Crippen molar-refractivity contribution in [1.82, 2.24) is 10.2 Å². The van der Waals surface area contributed by atoms with Crippen molar-refractivity contribution in [1.29, 1.82) is 5.26 Å². The summed E-state index contributed by atoms with van der Waals surface area (Å²) in [6.07, 6.45) is 6.76. The summed E-state index contributed by atoms with van der Waals surface area (Å²) in [6.45, 7) is 4.21. The van der Waals surface area contributed by atoms with Crippen LogP contribution in [-0.2, 0) is 0 Å². The van der Waals surface area contributed by atoms with Gasteiger partial charge in [0.1, 0.15) is 0 Å². The van der Waals surface area contributed by atoms with Crippen LogP contribution in [0.25, 0.3) is 0 Å². The van der Waals surface area contributed by atoms with Crippen LogP contribution in [0.1, 0.15) is 25.7 Å². The largest absolute Gasteiger partial charge is 0.369 e. The number of nitrogens with two attached hydrogens (primary N) is 1. The lowest BCUT2D eigenvalue weighted by Crippen LogP contribution is -2.31. The SMILES string of the molecule is N#CNC(N)=NCCCN1CCCCC1. The van der Waals surface area contributed by atoms with E-state index in [0.29, 0.717) is 6.54 Å². The van der Waals surface area contributed by atoms with Crippen LogP contribution in [0, 0.1) is 11.5 Å². The molecule has 15 heavy (non-hydrogen) atoms. The van der Waals surface area contributed by atoms with Gasteiger partial charge in [-0.25, -0.2) is 0 Å². The summed E-state index contributed by atoms with van der Waals surface area (Å²) >= 11 is 0. The normalized spacial score (nSPS) is 18.5. The Hall–Kier alpha value is -1.28. The zero-order chi connectivity index (χ0) is 10.9. The zero-order valence-corrected chi connectivity index (χ0v) is 9.08. The van der Waals surface area contributed by atoms with Gasteiger partial charge in [-0.1, -0.05) is 6.42 Å². The number of nitriles is 1. The molecule has 0 aromatic rings. The summed E-state index contributed by atoms with van der Waals surface area (Å²) < 4.78 is 0. The Kier molecular flexibility index (Phi) is 5.56. The number of nitrogens with one attached hydrogen (secondary N) is 1. The number of aliphatic imine (C=N–C) groups is 1. The van der Waals surface area contributed by atoms with Gasteiger partial charge in [0.15, 0.2) is 6.19 Å². The smallest absolute Gasteiger partial charge is 0.202 e. The number of piperidine rings is 1. The first kappa shape index (κ1) is 11.8. The Balaban J connectivity index is 2.05. The number of rotatable bonds is 4. The maximum absolute atomic E-state index is 8.27. The van der Waals surface area contributed by atoms with Crippen molar-refractivity contribution >= 4 is 5.96 Å². The molecule has 1 heterocycles. The Morgan fingerprint density at radius 1 is 1.40 bits per heavy atom. The zero-order valence-electron chi connectivity index (χ0n) is 9.08. The molecule has 0 aromatic carbocycles. The molecular formula is C10H19N5. The standard InChI is InChI=1S/C10H19N5/c11-9-14-10(12)13-5-4-8-15-6-2-1-3-7-15/h1-8H2,(H3,12,13,14). The Morgan fingerprint density at radius 2 is 2.13 bits per heavy atom. The van der Waals surface area contributed by atoms with Gasteiger partial charge in [0, 0.05) is 6.54 Å². The van der Waals surface area contributed by atoms with Gasteiger partial charge < -0.3 is 10.6 Å². The van der Waals surface area contributed by atoms with Crippen LogP contribution >= 0.6 is 0 Å². The number of hydrogen-bond acceptors (Lipinski definition) is 3. The second kappa shape index (κ2) is 7.07. The Morgan fingerprint density at radius 3 is 2.80 bits per heavy atom. The highest BCUT2D eigenvalue weighted by Gasteiger charge is 2.08. The van der Waals surface area contributed by atoms with E-state index < -0.39 is 0 Å². The molecule has 0 amide bonds. The summed E-state index contributed by atoms with van der Waals surface area (Å²) in [5.41, 5.74) is 5.41. The van der Waals surface area contributed by atoms with Crippen molar-refractivity contribution in [2.75, 3.05) is 26.2 Å². The average molecular weight is 209 g/mol. The van der Waals surface area contributed by atoms with Gasteiger partial charge in [-0.2, -0.15) is 5.26 Å². The lowest BCUT2D eigenvalue weighted by atomic mass is 10.1. The van der Waals surface area contributed by atoms with E-state index >= 15 is 0 Å². The van der Waals surface area contributed by atoms with Crippen molar-refractivity contribution in [2.45, 2.75) is 25.7 Å². The molecule has 1 saturated heterocycles. The van der Waals surface area contributed by atoms with E-state index in [1.165, 1.54) is 32.4 Å². The molecule has 0 aliphatic carbocycles. The van der Waals surface area contributed by atoms with Gasteiger partial charge >= 0.3 is 0 Å². The maximum Gasteiger partial charge on any atom is 0.202 e. The predicted molar refractivity (Wildman–Crippen MR) is 60.1 cm³/mol. The number of hydrogen-bond donors (Lipinski definition) is 2. The van der Waals surface area contributed by atoms with E-state index in [-0.39, 0.29) is 5.96 Å². The lowest BCUT2D eigenvalue weighted by Gasteiger charge is -2.25. The van der Waals surface area contributed by atoms with Crippen LogP contribution in [0.4, 0.5) is 0 Å². The fourth-order valence-electron chi connectivity index (χ4n) is 1.77. The molecule has 1 aliphatic rings. The topological polar surface area (TPSA) is 77.4 Å². The molecule has 3 N–H and O–H groups in total. The fraction of sp³-hybridized carbons (Fsp3) is 0.800. The summed E-state index contributed by atoms with van der Waals surface area (Å²) in [7, 11) is 0. The van der Waals surface area contributed by atoms with Crippen molar-refractivity contribution in [3.8, 4) is 6.19 Å². The second-order valence-corrected chi connectivity index (χ2v) is 3.76. The summed E-state index contributed by atoms with van der Waals surface area (Å²) in [4.78, 5) is 6.50. The first-order valence-corrected chi connectivity index (χ1v) is 5.50. The average Bonchev–Trinajstić information content (AvgIpc) is 2.26. The van der Waals surface area contributed by atoms with Gasteiger partial charge in [-0.05, 0) is 38.9 Å². The van der Waals surface area contributed by atoms with E-state index in [1.54, 1.807) is 6.19 Å². The highest BCUT2D eigenvalue weighted by molar-refractivity contribution is 5.79. The maximum atomic E-state index is 8.27. The molecule has 0 radical (unpaired) electrons. The van der Waals surface area contributed by atoms with Gasteiger partial charge in [0.25, 0.3) is 0 Å². The molecule has 1 rings (SSSR count). The molecule has 0 atom stereocenters. The van der Waals surface area contributed by atoms with Gasteiger partial charge in [-0.3, -0.25) is 10.3 Å². The Bertz CT molecular complexity index is 237. The van der Waals surface area contributed by atoms with Crippen molar-refractivity contribution < 1.29 is 0 Å². The highest BCUT2D eigenvalue weighted by Crippen LogP contribution is 2.08. The third kappa shape index (κ3) is 5.23. The van der Waals surface area contributed by atoms with E-state index in [2.05, 4.69) is 15.2 Å². The van der Waals surface area contributed by atoms with E-state index in [1.807, 2.05) is 0 Å². The molecule has 5 nitrogen and oxygen atoms in total. The van der Waals surface area contributed by atoms with Crippen LogP contribution in [0.2, 0.25) is 0 Å². The molecule has 0 unspecified atom stereocenters. The second-order valence-electron chi connectivity index (χ2n) is 3.76. The minimum absolute atomic E-state index is 0.219. The number of nitrogens with zero attached hydrogens (tertiary/aromatic N) is 3. The molecule has 0 bridgehead atoms. The molecule has 1 fully saturated rings. The molecular weight excluding hydrogens is 190 g/mol. The van der Waals surface area contributed by atoms with Crippen LogP contribution in [0.5, 0.6) is 0 Å². The molecule has 0 saturated carbocycles. The van der Waals surface area contributed by atoms with Crippen molar-refractivity contribution in [3.63, 3.8) is 0 Å². The molecule has 0 aromatic heterocycles. The van der Waals surface area contributed by atoms with Crippen molar-refractivity contribution in [3.05, 3.63) is 0 Å². The summed E-state index contributed by atoms with van der Waals surface area (Å²) in [5.74, 6) is 0.219. The molecule has 5 heteroatoms. The van der Waals surface area contributed by atoms with Gasteiger partial charge in [0.05, 0.1) is 0 Å².